The first-order chi connectivity index (χ1) is 5.50. The second-order valence-electron chi connectivity index (χ2n) is 2.86. The molecule has 3 nitrogen and oxygen atoms in total. The monoisotopic (exact) mass is 168 g/mol. The zero-order valence-corrected chi connectivity index (χ0v) is 8.12. The van der Waals surface area contributed by atoms with Crippen molar-refractivity contribution in [2.45, 2.75) is 27.7 Å². The average molecular weight is 168 g/mol. The third kappa shape index (κ3) is 2.86. The number of carbonyl (C=O) groups excluding carboxylic acids is 1. The van der Waals surface area contributed by atoms with Crippen LogP contribution in [0.15, 0.2) is 11.1 Å². The molecule has 2 N–H and O–H groups in total. The lowest BCUT2D eigenvalue weighted by atomic mass is 10.1. The summed E-state index contributed by atoms with van der Waals surface area (Å²) in [7, 11) is 0. The van der Waals surface area contributed by atoms with Gasteiger partial charge in [-0.25, -0.2) is 0 Å². The van der Waals surface area contributed by atoms with Crippen LogP contribution in [0.3, 0.4) is 0 Å². The number of hydrogen-bond acceptors (Lipinski definition) is 2. The van der Waals surface area contributed by atoms with Crippen LogP contribution in [0, 0.1) is 5.41 Å². The average Bonchev–Trinajstić information content (AvgIpc) is 1.85. The molecule has 68 valence electrons. The number of rotatable bonds is 3. The summed E-state index contributed by atoms with van der Waals surface area (Å²) in [5.74, 6) is -0.148. The summed E-state index contributed by atoms with van der Waals surface area (Å²) in [4.78, 5) is 11.3. The second-order valence-corrected chi connectivity index (χ2v) is 2.86. The Balaban J connectivity index is 4.67. The number of carbonyl (C=O) groups is 1. The molecule has 0 fully saturated rings. The van der Waals surface area contributed by atoms with Gasteiger partial charge >= 0.3 is 0 Å². The van der Waals surface area contributed by atoms with Crippen molar-refractivity contribution in [2.24, 2.45) is 0 Å². The van der Waals surface area contributed by atoms with Crippen molar-refractivity contribution in [2.75, 3.05) is 6.54 Å². The van der Waals surface area contributed by atoms with Crippen molar-refractivity contribution >= 4 is 11.6 Å². The third-order valence-corrected chi connectivity index (χ3v) is 1.44. The van der Waals surface area contributed by atoms with Gasteiger partial charge in [0, 0.05) is 12.3 Å². The van der Waals surface area contributed by atoms with Crippen molar-refractivity contribution in [3.63, 3.8) is 0 Å². The summed E-state index contributed by atoms with van der Waals surface area (Å²) in [6, 6.07) is 0. The van der Waals surface area contributed by atoms with E-state index >= 15 is 0 Å². The minimum absolute atomic E-state index is 0.148. The van der Waals surface area contributed by atoms with Gasteiger partial charge in [-0.05, 0) is 27.7 Å². The highest BCUT2D eigenvalue weighted by Crippen LogP contribution is 2.04. The summed E-state index contributed by atoms with van der Waals surface area (Å²) < 4.78 is 0. The number of likely N-dealkylation sites (N-methyl/N-ethyl adjacent to an activating group) is 1. The van der Waals surface area contributed by atoms with Gasteiger partial charge in [-0.15, -0.1) is 0 Å². The molecule has 0 unspecified atom stereocenters. The molecule has 0 aromatic carbocycles. The van der Waals surface area contributed by atoms with E-state index < -0.39 is 0 Å². The maximum Gasteiger partial charge on any atom is 0.253 e. The molecule has 0 atom stereocenters. The lowest BCUT2D eigenvalue weighted by molar-refractivity contribution is -0.116. The molecule has 12 heavy (non-hydrogen) atoms. The van der Waals surface area contributed by atoms with Crippen LogP contribution in [0.4, 0.5) is 0 Å². The Morgan fingerprint density at radius 3 is 2.08 bits per heavy atom. The molecule has 0 aliphatic heterocycles. The van der Waals surface area contributed by atoms with Crippen molar-refractivity contribution in [3.8, 4) is 0 Å². The quantitative estimate of drug-likeness (QED) is 0.487. The fourth-order valence-electron chi connectivity index (χ4n) is 1.02. The molecule has 0 rings (SSSR count). The van der Waals surface area contributed by atoms with Crippen LogP contribution in [0.5, 0.6) is 0 Å². The van der Waals surface area contributed by atoms with E-state index in [0.29, 0.717) is 17.8 Å². The highest BCUT2D eigenvalue weighted by molar-refractivity contribution is 6.20. The number of nitrogens with one attached hydrogen (secondary N) is 2. The topological polar surface area (TPSA) is 53.0 Å². The van der Waals surface area contributed by atoms with Crippen LogP contribution in [0.1, 0.15) is 27.7 Å². The van der Waals surface area contributed by atoms with Crippen LogP contribution in [0.2, 0.25) is 0 Å². The highest BCUT2D eigenvalue weighted by Gasteiger charge is 2.11. The Kier molecular flexibility index (Phi) is 4.26. The van der Waals surface area contributed by atoms with Gasteiger partial charge in [0.25, 0.3) is 5.91 Å². The van der Waals surface area contributed by atoms with Crippen LogP contribution < -0.4 is 5.32 Å². The van der Waals surface area contributed by atoms with Crippen LogP contribution in [0.25, 0.3) is 0 Å². The Morgan fingerprint density at radius 1 is 1.33 bits per heavy atom. The van der Waals surface area contributed by atoms with E-state index in [0.717, 1.165) is 5.57 Å². The van der Waals surface area contributed by atoms with Crippen molar-refractivity contribution in [1.29, 1.82) is 5.41 Å². The predicted molar refractivity (Wildman–Crippen MR) is 50.5 cm³/mol. The molecule has 0 aromatic rings. The molecule has 0 aliphatic carbocycles. The first-order valence-corrected chi connectivity index (χ1v) is 4.01. The summed E-state index contributed by atoms with van der Waals surface area (Å²) in [5.41, 5.74) is 1.70. The Morgan fingerprint density at radius 2 is 1.83 bits per heavy atom. The molecule has 0 bridgehead atoms. The molecular weight excluding hydrogens is 152 g/mol. The number of amides is 1. The zero-order valence-electron chi connectivity index (χ0n) is 8.12. The van der Waals surface area contributed by atoms with Crippen LogP contribution >= 0.6 is 0 Å². The van der Waals surface area contributed by atoms with Gasteiger partial charge in [-0.2, -0.15) is 0 Å². The first-order valence-electron chi connectivity index (χ1n) is 4.01. The molecule has 0 aliphatic rings. The fourth-order valence-corrected chi connectivity index (χ4v) is 1.02. The van der Waals surface area contributed by atoms with Gasteiger partial charge in [-0.3, -0.25) is 4.79 Å². The Labute approximate surface area is 73.4 Å². The van der Waals surface area contributed by atoms with E-state index in [4.69, 9.17) is 5.41 Å². The fraction of sp³-hybridized carbons (Fsp3) is 0.556. The molecule has 3 heteroatoms. The standard InChI is InChI=1S/C9H16N2O/c1-5-11-9(12)8(6(2)3)7(4)10/h10H,5H2,1-4H3,(H,11,12). The first kappa shape index (κ1) is 10.9. The summed E-state index contributed by atoms with van der Waals surface area (Å²) in [5, 5.41) is 10.0. The van der Waals surface area contributed by atoms with Crippen molar-refractivity contribution in [1.82, 2.24) is 5.32 Å². The Bertz CT molecular complexity index is 225. The maximum absolute atomic E-state index is 11.3. The summed E-state index contributed by atoms with van der Waals surface area (Å²) >= 11 is 0. The van der Waals surface area contributed by atoms with Gasteiger partial charge in [-0.1, -0.05) is 5.57 Å². The van der Waals surface area contributed by atoms with Gasteiger partial charge in [0.1, 0.15) is 0 Å². The number of allylic oxidation sites excluding steroid dienone is 1. The lowest BCUT2D eigenvalue weighted by Gasteiger charge is -2.07. The minimum Gasteiger partial charge on any atom is -0.352 e. The molecule has 0 spiro atoms. The molecule has 0 heterocycles. The lowest BCUT2D eigenvalue weighted by Crippen LogP contribution is -2.27. The smallest absolute Gasteiger partial charge is 0.253 e. The van der Waals surface area contributed by atoms with Gasteiger partial charge < -0.3 is 10.7 Å². The second kappa shape index (κ2) is 4.70. The van der Waals surface area contributed by atoms with E-state index in [1.165, 1.54) is 0 Å². The van der Waals surface area contributed by atoms with E-state index in [1.807, 2.05) is 20.8 Å². The van der Waals surface area contributed by atoms with Crippen LogP contribution in [-0.4, -0.2) is 18.2 Å². The Hall–Kier alpha value is -1.12. The van der Waals surface area contributed by atoms with E-state index in [9.17, 15) is 4.79 Å². The van der Waals surface area contributed by atoms with E-state index in [-0.39, 0.29) is 5.91 Å². The van der Waals surface area contributed by atoms with Crippen molar-refractivity contribution < 1.29 is 4.79 Å². The SMILES string of the molecule is CCNC(=O)C(C(C)=N)=C(C)C. The minimum atomic E-state index is -0.148. The normalized spacial score (nSPS) is 9.00. The summed E-state index contributed by atoms with van der Waals surface area (Å²) in [6.45, 7) is 7.76. The number of hydrogen-bond donors (Lipinski definition) is 2. The largest absolute Gasteiger partial charge is 0.352 e. The molecular formula is C9H16N2O. The molecule has 1 amide bonds. The van der Waals surface area contributed by atoms with Crippen molar-refractivity contribution in [3.05, 3.63) is 11.1 Å². The van der Waals surface area contributed by atoms with Gasteiger partial charge in [0.15, 0.2) is 0 Å². The third-order valence-electron chi connectivity index (χ3n) is 1.44. The maximum atomic E-state index is 11.3. The zero-order chi connectivity index (χ0) is 9.72. The summed E-state index contributed by atoms with van der Waals surface area (Å²) in [6.07, 6.45) is 0. The molecule has 0 saturated carbocycles. The van der Waals surface area contributed by atoms with E-state index in [2.05, 4.69) is 5.32 Å². The van der Waals surface area contributed by atoms with Gasteiger partial charge in [0.2, 0.25) is 0 Å². The molecule has 0 radical (unpaired) electrons. The van der Waals surface area contributed by atoms with E-state index in [1.54, 1.807) is 6.92 Å². The molecule has 0 aromatic heterocycles. The van der Waals surface area contributed by atoms with Crippen LogP contribution in [-0.2, 0) is 4.79 Å². The van der Waals surface area contributed by atoms with Gasteiger partial charge in [0.05, 0.1) is 5.57 Å². The molecule has 0 saturated heterocycles. The highest BCUT2D eigenvalue weighted by atomic mass is 16.1. The predicted octanol–water partition coefficient (Wildman–Crippen LogP) is 1.50.